The minimum atomic E-state index is -0.0610. The molecular weight excluding hydrogens is 504 g/mol. The second kappa shape index (κ2) is 10.2. The van der Waals surface area contributed by atoms with Gasteiger partial charge in [0.1, 0.15) is 12.1 Å². The highest BCUT2D eigenvalue weighted by Gasteiger charge is 2.23. The van der Waals surface area contributed by atoms with E-state index >= 15 is 0 Å². The third kappa shape index (κ3) is 4.50. The number of aromatic nitrogens is 5. The van der Waals surface area contributed by atoms with E-state index in [-0.39, 0.29) is 11.5 Å². The number of nitrogens with zero attached hydrogens (tertiary/aromatic N) is 7. The summed E-state index contributed by atoms with van der Waals surface area (Å²) in [6, 6.07) is 15.9. The largest absolute Gasteiger partial charge is 0.383 e. The molecule has 2 N–H and O–H groups in total. The van der Waals surface area contributed by atoms with Crippen molar-refractivity contribution in [3.63, 3.8) is 0 Å². The van der Waals surface area contributed by atoms with Crippen molar-refractivity contribution in [3.8, 4) is 5.69 Å². The standard InChI is InChI=1S/C30H32N8O2/c1-19-7-4-5-10-25(19)38-23(15-22-9-6-8-20(2)26(22)30(38)40)16-37-29-27(28(31)32-18-33-29)24(34-37)17-35-11-13-36(14-12-35)21(3)39/h4-10,15,18H,11-14,16-17H2,1-3H3,(H2,31,32,33). The van der Waals surface area contributed by atoms with E-state index in [1.165, 1.54) is 6.33 Å². The number of para-hydroxylation sites is 1. The molecule has 1 aliphatic rings. The molecule has 0 aliphatic carbocycles. The lowest BCUT2D eigenvalue weighted by atomic mass is 10.1. The predicted molar refractivity (Wildman–Crippen MR) is 155 cm³/mol. The van der Waals surface area contributed by atoms with Crippen molar-refractivity contribution in [1.29, 1.82) is 0 Å². The van der Waals surface area contributed by atoms with Crippen molar-refractivity contribution in [3.05, 3.63) is 87.7 Å². The minimum absolute atomic E-state index is 0.0610. The van der Waals surface area contributed by atoms with Gasteiger partial charge in [-0.2, -0.15) is 5.10 Å². The van der Waals surface area contributed by atoms with Gasteiger partial charge in [0.05, 0.1) is 28.7 Å². The van der Waals surface area contributed by atoms with Gasteiger partial charge in [-0.1, -0.05) is 36.4 Å². The summed E-state index contributed by atoms with van der Waals surface area (Å²) in [5.41, 5.74) is 11.3. The van der Waals surface area contributed by atoms with Crippen LogP contribution in [0.3, 0.4) is 0 Å². The Morgan fingerprint density at radius 1 is 0.925 bits per heavy atom. The summed E-state index contributed by atoms with van der Waals surface area (Å²) in [4.78, 5) is 38.7. The van der Waals surface area contributed by atoms with Gasteiger partial charge in [0.25, 0.3) is 5.56 Å². The number of aryl methyl sites for hydroxylation is 2. The Morgan fingerprint density at radius 2 is 1.68 bits per heavy atom. The first-order chi connectivity index (χ1) is 19.3. The summed E-state index contributed by atoms with van der Waals surface area (Å²) >= 11 is 0. The highest BCUT2D eigenvalue weighted by atomic mass is 16.2. The Balaban J connectivity index is 1.46. The molecule has 10 heteroatoms. The normalized spacial score (nSPS) is 14.3. The van der Waals surface area contributed by atoms with Crippen LogP contribution in [0.25, 0.3) is 27.5 Å². The molecule has 0 unspecified atom stereocenters. The quantitative estimate of drug-likeness (QED) is 0.367. The van der Waals surface area contributed by atoms with Crippen LogP contribution in [0.15, 0.2) is 59.7 Å². The number of carbonyl (C=O) groups excluding carboxylic acids is 1. The van der Waals surface area contributed by atoms with Gasteiger partial charge in [0.2, 0.25) is 5.91 Å². The van der Waals surface area contributed by atoms with Crippen LogP contribution in [0.4, 0.5) is 5.82 Å². The molecule has 1 aliphatic heterocycles. The number of fused-ring (bicyclic) bond motifs is 2. The molecule has 1 fully saturated rings. The second-order valence-electron chi connectivity index (χ2n) is 10.4. The first-order valence-electron chi connectivity index (χ1n) is 13.5. The number of hydrogen-bond acceptors (Lipinski definition) is 7. The number of pyridine rings is 1. The molecule has 0 radical (unpaired) electrons. The number of piperazine rings is 1. The lowest BCUT2D eigenvalue weighted by Crippen LogP contribution is -2.47. The van der Waals surface area contributed by atoms with Crippen LogP contribution in [0, 0.1) is 13.8 Å². The third-order valence-electron chi connectivity index (χ3n) is 7.82. The highest BCUT2D eigenvalue weighted by molar-refractivity contribution is 5.88. The maximum absolute atomic E-state index is 14.0. The molecule has 2 aromatic carbocycles. The summed E-state index contributed by atoms with van der Waals surface area (Å²) in [6.07, 6.45) is 1.45. The number of rotatable bonds is 5. The molecule has 0 bridgehead atoms. The average molecular weight is 537 g/mol. The fourth-order valence-electron chi connectivity index (χ4n) is 5.70. The predicted octanol–water partition coefficient (Wildman–Crippen LogP) is 3.04. The number of benzene rings is 2. The topological polar surface area (TPSA) is 115 Å². The van der Waals surface area contributed by atoms with Crippen LogP contribution in [0.5, 0.6) is 0 Å². The van der Waals surface area contributed by atoms with Crippen molar-refractivity contribution in [2.45, 2.75) is 33.9 Å². The van der Waals surface area contributed by atoms with Gasteiger partial charge in [-0.05, 0) is 42.5 Å². The van der Waals surface area contributed by atoms with Gasteiger partial charge in [-0.3, -0.25) is 19.1 Å². The Morgan fingerprint density at radius 3 is 2.42 bits per heavy atom. The van der Waals surface area contributed by atoms with Gasteiger partial charge in [-0.15, -0.1) is 0 Å². The molecule has 0 spiro atoms. The van der Waals surface area contributed by atoms with E-state index in [0.717, 1.165) is 52.1 Å². The molecule has 3 aromatic heterocycles. The van der Waals surface area contributed by atoms with Crippen LogP contribution in [0.2, 0.25) is 0 Å². The van der Waals surface area contributed by atoms with Gasteiger partial charge in [0.15, 0.2) is 5.65 Å². The molecule has 0 saturated carbocycles. The molecule has 204 valence electrons. The zero-order valence-corrected chi connectivity index (χ0v) is 23.0. The van der Waals surface area contributed by atoms with E-state index in [9.17, 15) is 9.59 Å². The number of anilines is 1. The Bertz CT molecular complexity index is 1810. The molecule has 6 rings (SSSR count). The zero-order valence-electron chi connectivity index (χ0n) is 23.0. The van der Waals surface area contributed by atoms with Crippen LogP contribution >= 0.6 is 0 Å². The van der Waals surface area contributed by atoms with E-state index in [2.05, 4.69) is 20.9 Å². The molecule has 40 heavy (non-hydrogen) atoms. The molecule has 5 aromatic rings. The summed E-state index contributed by atoms with van der Waals surface area (Å²) in [7, 11) is 0. The summed E-state index contributed by atoms with van der Waals surface area (Å²) in [5.74, 6) is 0.469. The lowest BCUT2D eigenvalue weighted by molar-refractivity contribution is -0.130. The Kier molecular flexibility index (Phi) is 6.55. The smallest absolute Gasteiger partial charge is 0.263 e. The van der Waals surface area contributed by atoms with Gasteiger partial charge in [-0.25, -0.2) is 14.6 Å². The monoisotopic (exact) mass is 536 g/mol. The van der Waals surface area contributed by atoms with Crippen LogP contribution < -0.4 is 11.3 Å². The van der Waals surface area contributed by atoms with E-state index in [1.807, 2.05) is 65.9 Å². The van der Waals surface area contributed by atoms with E-state index in [1.54, 1.807) is 11.5 Å². The van der Waals surface area contributed by atoms with Gasteiger partial charge >= 0.3 is 0 Å². The second-order valence-corrected chi connectivity index (χ2v) is 10.4. The maximum Gasteiger partial charge on any atom is 0.263 e. The Labute approximate surface area is 231 Å². The van der Waals surface area contributed by atoms with Crippen molar-refractivity contribution in [2.75, 3.05) is 31.9 Å². The van der Waals surface area contributed by atoms with Gasteiger partial charge < -0.3 is 10.6 Å². The average Bonchev–Trinajstić information content (AvgIpc) is 3.27. The number of nitrogens with two attached hydrogens (primary N) is 1. The fourth-order valence-corrected chi connectivity index (χ4v) is 5.70. The summed E-state index contributed by atoms with van der Waals surface area (Å²) in [5, 5.41) is 7.29. The van der Waals surface area contributed by atoms with Gasteiger partial charge in [0, 0.05) is 45.3 Å². The molecular formula is C30H32N8O2. The van der Waals surface area contributed by atoms with Crippen LogP contribution in [-0.4, -0.2) is 66.2 Å². The summed E-state index contributed by atoms with van der Waals surface area (Å²) < 4.78 is 3.61. The highest BCUT2D eigenvalue weighted by Crippen LogP contribution is 2.26. The van der Waals surface area contributed by atoms with Crippen molar-refractivity contribution < 1.29 is 4.79 Å². The lowest BCUT2D eigenvalue weighted by Gasteiger charge is -2.33. The molecule has 1 amide bonds. The fraction of sp³-hybridized carbons (Fsp3) is 0.300. The van der Waals surface area contributed by atoms with Crippen LogP contribution in [0.1, 0.15) is 29.4 Å². The molecule has 0 atom stereocenters. The van der Waals surface area contributed by atoms with E-state index < -0.39 is 0 Å². The maximum atomic E-state index is 14.0. The van der Waals surface area contributed by atoms with Crippen molar-refractivity contribution in [1.82, 2.24) is 34.1 Å². The number of amides is 1. The van der Waals surface area contributed by atoms with E-state index in [0.29, 0.717) is 43.0 Å². The van der Waals surface area contributed by atoms with Crippen molar-refractivity contribution in [2.24, 2.45) is 0 Å². The third-order valence-corrected chi connectivity index (χ3v) is 7.82. The summed E-state index contributed by atoms with van der Waals surface area (Å²) in [6.45, 7) is 9.32. The first-order valence-corrected chi connectivity index (χ1v) is 13.5. The van der Waals surface area contributed by atoms with E-state index in [4.69, 9.17) is 10.8 Å². The SMILES string of the molecule is CC(=O)N1CCN(Cc2nn(Cc3cc4cccc(C)c4c(=O)n3-c3ccccc3C)c3ncnc(N)c23)CC1. The number of carbonyl (C=O) groups is 1. The first kappa shape index (κ1) is 25.7. The molecule has 10 nitrogen and oxygen atoms in total. The molecule has 4 heterocycles. The number of nitrogen functional groups attached to an aromatic ring is 1. The molecule has 1 saturated heterocycles. The number of hydrogen-bond donors (Lipinski definition) is 1. The van der Waals surface area contributed by atoms with Crippen LogP contribution in [-0.2, 0) is 17.9 Å². The van der Waals surface area contributed by atoms with Crippen molar-refractivity contribution >= 4 is 33.5 Å². The minimum Gasteiger partial charge on any atom is -0.383 e. The Hall–Kier alpha value is -4.57. The zero-order chi connectivity index (χ0) is 28.0.